The first-order valence-corrected chi connectivity index (χ1v) is 4.98. The minimum atomic E-state index is -0.297. The van der Waals surface area contributed by atoms with Gasteiger partial charge in [0.05, 0.1) is 17.6 Å². The fourth-order valence-electron chi connectivity index (χ4n) is 1.58. The van der Waals surface area contributed by atoms with E-state index in [-0.39, 0.29) is 5.95 Å². The summed E-state index contributed by atoms with van der Waals surface area (Å²) in [5.41, 5.74) is 2.16. The number of nitrogens with zero attached hydrogens (tertiary/aromatic N) is 4. The normalized spacial score (nSPS) is 10.8. The molecule has 0 amide bonds. The summed E-state index contributed by atoms with van der Waals surface area (Å²) in [7, 11) is 3.43. The Kier molecular flexibility index (Phi) is 2.64. The lowest BCUT2D eigenvalue weighted by molar-refractivity contribution is 0.496. The highest BCUT2D eigenvalue weighted by Gasteiger charge is 2.12. The van der Waals surface area contributed by atoms with Crippen LogP contribution in [0.2, 0.25) is 0 Å². The molecule has 0 aliphatic carbocycles. The van der Waals surface area contributed by atoms with Gasteiger partial charge < -0.3 is 5.32 Å². The van der Waals surface area contributed by atoms with Gasteiger partial charge in [0.15, 0.2) is 0 Å². The molecule has 0 aliphatic heterocycles. The molecule has 0 unspecified atom stereocenters. The van der Waals surface area contributed by atoms with E-state index in [1.165, 1.54) is 4.68 Å². The van der Waals surface area contributed by atoms with Crippen molar-refractivity contribution in [3.05, 3.63) is 29.6 Å². The summed E-state index contributed by atoms with van der Waals surface area (Å²) in [5.74, 6) is -0.297. The molecule has 0 radical (unpaired) electrons. The molecule has 2 aromatic heterocycles. The summed E-state index contributed by atoms with van der Waals surface area (Å²) in [6, 6.07) is 0. The van der Waals surface area contributed by atoms with Crippen LogP contribution >= 0.6 is 0 Å². The van der Waals surface area contributed by atoms with Gasteiger partial charge in [0.25, 0.3) is 0 Å². The van der Waals surface area contributed by atoms with Crippen molar-refractivity contribution in [3.8, 4) is 0 Å². The van der Waals surface area contributed by atoms with Gasteiger partial charge in [-0.05, 0) is 6.92 Å². The van der Waals surface area contributed by atoms with Gasteiger partial charge in [-0.1, -0.05) is 0 Å². The first kappa shape index (κ1) is 10.7. The molecule has 2 rings (SSSR count). The third kappa shape index (κ3) is 1.91. The van der Waals surface area contributed by atoms with Gasteiger partial charge in [-0.3, -0.25) is 4.68 Å². The SMILES string of the molecule is Cc1nn(C)c(F)c1CNc1cnn(C)c1. The Morgan fingerprint density at radius 1 is 1.44 bits per heavy atom. The molecular weight excluding hydrogens is 209 g/mol. The molecule has 0 atom stereocenters. The number of rotatable bonds is 3. The van der Waals surface area contributed by atoms with Gasteiger partial charge in [-0.2, -0.15) is 14.6 Å². The molecule has 86 valence electrons. The monoisotopic (exact) mass is 223 g/mol. The van der Waals surface area contributed by atoms with Crippen molar-refractivity contribution < 1.29 is 4.39 Å². The number of hydrogen-bond acceptors (Lipinski definition) is 3. The van der Waals surface area contributed by atoms with Crippen molar-refractivity contribution in [1.29, 1.82) is 0 Å². The Morgan fingerprint density at radius 2 is 2.19 bits per heavy atom. The van der Waals surface area contributed by atoms with E-state index in [0.717, 1.165) is 5.69 Å². The zero-order valence-corrected chi connectivity index (χ0v) is 9.53. The number of aromatic nitrogens is 4. The molecule has 0 saturated carbocycles. The summed E-state index contributed by atoms with van der Waals surface area (Å²) >= 11 is 0. The molecule has 0 fully saturated rings. The number of anilines is 1. The second kappa shape index (κ2) is 3.96. The first-order valence-electron chi connectivity index (χ1n) is 4.98. The van der Waals surface area contributed by atoms with Crippen LogP contribution in [0.25, 0.3) is 0 Å². The van der Waals surface area contributed by atoms with E-state index in [9.17, 15) is 4.39 Å². The maximum absolute atomic E-state index is 13.6. The van der Waals surface area contributed by atoms with Crippen molar-refractivity contribution >= 4 is 5.69 Å². The van der Waals surface area contributed by atoms with E-state index < -0.39 is 0 Å². The van der Waals surface area contributed by atoms with Gasteiger partial charge in [0, 0.05) is 32.4 Å². The quantitative estimate of drug-likeness (QED) is 0.851. The minimum absolute atomic E-state index is 0.297. The molecule has 0 saturated heterocycles. The van der Waals surface area contributed by atoms with E-state index in [1.54, 1.807) is 24.9 Å². The smallest absolute Gasteiger partial charge is 0.216 e. The third-order valence-electron chi connectivity index (χ3n) is 2.44. The lowest BCUT2D eigenvalue weighted by Crippen LogP contribution is -2.02. The fraction of sp³-hybridized carbons (Fsp3) is 0.400. The van der Waals surface area contributed by atoms with Crippen LogP contribution in [-0.2, 0) is 20.6 Å². The molecule has 0 aliphatic rings. The van der Waals surface area contributed by atoms with Gasteiger partial charge >= 0.3 is 0 Å². The third-order valence-corrected chi connectivity index (χ3v) is 2.44. The average Bonchev–Trinajstić information content (AvgIpc) is 2.72. The van der Waals surface area contributed by atoms with Crippen LogP contribution in [0, 0.1) is 12.9 Å². The largest absolute Gasteiger partial charge is 0.378 e. The topological polar surface area (TPSA) is 47.7 Å². The van der Waals surface area contributed by atoms with Gasteiger partial charge in [0.2, 0.25) is 5.95 Å². The number of halogens is 1. The van der Waals surface area contributed by atoms with Crippen molar-refractivity contribution in [2.24, 2.45) is 14.1 Å². The summed E-state index contributed by atoms with van der Waals surface area (Å²) in [4.78, 5) is 0. The molecule has 2 aromatic rings. The van der Waals surface area contributed by atoms with E-state index in [0.29, 0.717) is 17.8 Å². The van der Waals surface area contributed by atoms with Crippen molar-refractivity contribution in [3.63, 3.8) is 0 Å². The molecule has 16 heavy (non-hydrogen) atoms. The van der Waals surface area contributed by atoms with Gasteiger partial charge in [-0.25, -0.2) is 4.68 Å². The van der Waals surface area contributed by atoms with Crippen LogP contribution in [0.15, 0.2) is 12.4 Å². The Bertz CT molecular complexity index is 499. The second-order valence-corrected chi connectivity index (χ2v) is 3.73. The number of nitrogens with one attached hydrogen (secondary N) is 1. The van der Waals surface area contributed by atoms with E-state index in [1.807, 2.05) is 13.2 Å². The molecule has 6 heteroatoms. The van der Waals surface area contributed by atoms with Crippen molar-refractivity contribution in [2.45, 2.75) is 13.5 Å². The predicted octanol–water partition coefficient (Wildman–Crippen LogP) is 1.21. The lowest BCUT2D eigenvalue weighted by Gasteiger charge is -2.02. The highest BCUT2D eigenvalue weighted by molar-refractivity contribution is 5.39. The molecule has 2 heterocycles. The van der Waals surface area contributed by atoms with Crippen LogP contribution in [-0.4, -0.2) is 19.6 Å². The zero-order valence-electron chi connectivity index (χ0n) is 9.53. The molecule has 5 nitrogen and oxygen atoms in total. The Labute approximate surface area is 92.9 Å². The summed E-state index contributed by atoms with van der Waals surface area (Å²) in [5, 5.41) is 11.1. The maximum atomic E-state index is 13.6. The summed E-state index contributed by atoms with van der Waals surface area (Å²) in [6.07, 6.45) is 3.53. The number of aryl methyl sites for hydroxylation is 3. The first-order chi connectivity index (χ1) is 7.58. The van der Waals surface area contributed by atoms with Crippen LogP contribution < -0.4 is 5.32 Å². The van der Waals surface area contributed by atoms with E-state index in [4.69, 9.17) is 0 Å². The molecular formula is C10H14FN5. The predicted molar refractivity (Wildman–Crippen MR) is 58.4 cm³/mol. The standard InChI is InChI=1S/C10H14FN5/c1-7-9(10(11)16(3)14-7)5-12-8-4-13-15(2)6-8/h4,6,12H,5H2,1-3H3. The maximum Gasteiger partial charge on any atom is 0.216 e. The van der Waals surface area contributed by atoms with Crippen LogP contribution in [0.4, 0.5) is 10.1 Å². The molecule has 0 aromatic carbocycles. The second-order valence-electron chi connectivity index (χ2n) is 3.73. The zero-order chi connectivity index (χ0) is 11.7. The summed E-state index contributed by atoms with van der Waals surface area (Å²) in [6.45, 7) is 2.21. The lowest BCUT2D eigenvalue weighted by atomic mass is 10.2. The number of hydrogen-bond donors (Lipinski definition) is 1. The Hall–Kier alpha value is -1.85. The molecule has 0 spiro atoms. The molecule has 0 bridgehead atoms. The highest BCUT2D eigenvalue weighted by Crippen LogP contribution is 2.13. The minimum Gasteiger partial charge on any atom is -0.378 e. The van der Waals surface area contributed by atoms with Gasteiger partial charge in [-0.15, -0.1) is 0 Å². The van der Waals surface area contributed by atoms with Crippen molar-refractivity contribution in [2.75, 3.05) is 5.32 Å². The van der Waals surface area contributed by atoms with Crippen LogP contribution in [0.3, 0.4) is 0 Å². The Balaban J connectivity index is 2.10. The summed E-state index contributed by atoms with van der Waals surface area (Å²) < 4.78 is 16.5. The van der Waals surface area contributed by atoms with Crippen molar-refractivity contribution in [1.82, 2.24) is 19.6 Å². The van der Waals surface area contributed by atoms with E-state index >= 15 is 0 Å². The molecule has 1 N–H and O–H groups in total. The highest BCUT2D eigenvalue weighted by atomic mass is 19.1. The fourth-order valence-corrected chi connectivity index (χ4v) is 1.58. The Morgan fingerprint density at radius 3 is 2.69 bits per heavy atom. The van der Waals surface area contributed by atoms with E-state index in [2.05, 4.69) is 15.5 Å². The average molecular weight is 223 g/mol. The van der Waals surface area contributed by atoms with Crippen LogP contribution in [0.5, 0.6) is 0 Å². The van der Waals surface area contributed by atoms with Crippen LogP contribution in [0.1, 0.15) is 11.3 Å². The van der Waals surface area contributed by atoms with Gasteiger partial charge in [0.1, 0.15) is 0 Å².